The molecule has 3 aromatic rings. The molecule has 27 heavy (non-hydrogen) atoms. The first-order valence-electron chi connectivity index (χ1n) is 10.1. The van der Waals surface area contributed by atoms with E-state index < -0.39 is 0 Å². The van der Waals surface area contributed by atoms with Gasteiger partial charge in [-0.3, -0.25) is 0 Å². The van der Waals surface area contributed by atoms with Crippen LogP contribution in [0.3, 0.4) is 0 Å². The molecule has 1 heterocycles. The van der Waals surface area contributed by atoms with Gasteiger partial charge in [-0.15, -0.1) is 0 Å². The number of rotatable bonds is 2. The van der Waals surface area contributed by atoms with Crippen LogP contribution in [-0.2, 0) is 10.8 Å². The molecule has 5 rings (SSSR count). The predicted molar refractivity (Wildman–Crippen MR) is 116 cm³/mol. The van der Waals surface area contributed by atoms with E-state index >= 15 is 0 Å². The molecule has 0 radical (unpaired) electrons. The van der Waals surface area contributed by atoms with E-state index in [0.29, 0.717) is 0 Å². The first kappa shape index (κ1) is 17.1. The molecule has 0 saturated carbocycles. The van der Waals surface area contributed by atoms with Crippen LogP contribution in [0.5, 0.6) is 0 Å². The van der Waals surface area contributed by atoms with Crippen molar-refractivity contribution in [1.29, 1.82) is 0 Å². The zero-order chi connectivity index (χ0) is 18.8. The van der Waals surface area contributed by atoms with Crippen LogP contribution < -0.4 is 0 Å². The SMILES string of the molecule is CCC1(CC)c2ccccc2-c2cc3c(cc21)Sc1ccccc1C3(C)C. The minimum atomic E-state index is 0.0326. The second-order valence-electron chi connectivity index (χ2n) is 8.45. The second kappa shape index (κ2) is 5.75. The van der Waals surface area contributed by atoms with E-state index in [2.05, 4.69) is 88.4 Å². The lowest BCUT2D eigenvalue weighted by molar-refractivity contribution is 0.488. The molecule has 0 nitrogen and oxygen atoms in total. The minimum absolute atomic E-state index is 0.0326. The van der Waals surface area contributed by atoms with Crippen molar-refractivity contribution in [2.24, 2.45) is 0 Å². The molecule has 0 aromatic heterocycles. The molecular weight excluding hydrogens is 344 g/mol. The summed E-state index contributed by atoms with van der Waals surface area (Å²) in [6.07, 6.45) is 2.30. The van der Waals surface area contributed by atoms with Crippen molar-refractivity contribution in [3.05, 3.63) is 82.9 Å². The highest BCUT2D eigenvalue weighted by atomic mass is 32.2. The van der Waals surface area contributed by atoms with E-state index in [1.807, 2.05) is 11.8 Å². The van der Waals surface area contributed by atoms with E-state index in [1.165, 1.54) is 43.2 Å². The Labute approximate surface area is 167 Å². The van der Waals surface area contributed by atoms with Gasteiger partial charge in [-0.1, -0.05) is 81.9 Å². The summed E-state index contributed by atoms with van der Waals surface area (Å²) in [7, 11) is 0. The van der Waals surface area contributed by atoms with Crippen LogP contribution >= 0.6 is 11.8 Å². The fourth-order valence-electron chi connectivity index (χ4n) is 5.40. The molecule has 0 spiro atoms. The van der Waals surface area contributed by atoms with E-state index in [4.69, 9.17) is 0 Å². The van der Waals surface area contributed by atoms with Gasteiger partial charge in [0.05, 0.1) is 0 Å². The number of hydrogen-bond donors (Lipinski definition) is 0. The Morgan fingerprint density at radius 2 is 1.33 bits per heavy atom. The first-order chi connectivity index (χ1) is 13.0. The van der Waals surface area contributed by atoms with Crippen molar-refractivity contribution >= 4 is 11.8 Å². The van der Waals surface area contributed by atoms with Crippen molar-refractivity contribution in [3.63, 3.8) is 0 Å². The van der Waals surface area contributed by atoms with Crippen LogP contribution in [0.25, 0.3) is 11.1 Å². The zero-order valence-electron chi connectivity index (χ0n) is 16.6. The summed E-state index contributed by atoms with van der Waals surface area (Å²) in [6.45, 7) is 9.46. The Morgan fingerprint density at radius 1 is 0.667 bits per heavy atom. The van der Waals surface area contributed by atoms with Crippen molar-refractivity contribution in [2.45, 2.75) is 61.2 Å². The van der Waals surface area contributed by atoms with E-state index in [9.17, 15) is 0 Å². The number of fused-ring (bicyclic) bond motifs is 5. The maximum absolute atomic E-state index is 2.53. The van der Waals surface area contributed by atoms with Gasteiger partial charge in [0.2, 0.25) is 0 Å². The molecule has 0 atom stereocenters. The van der Waals surface area contributed by atoms with Crippen molar-refractivity contribution in [1.82, 2.24) is 0 Å². The van der Waals surface area contributed by atoms with E-state index in [1.54, 1.807) is 0 Å². The van der Waals surface area contributed by atoms with Crippen LogP contribution in [0, 0.1) is 0 Å². The third kappa shape index (κ3) is 2.12. The standard InChI is InChI=1S/C26H26S/c1-5-26(6-2)19-12-8-7-11-17(19)18-15-22-24(16-21(18)26)27-23-14-10-9-13-20(23)25(22,3)4/h7-16H,5-6H2,1-4H3. The van der Waals surface area contributed by atoms with Gasteiger partial charge in [0.25, 0.3) is 0 Å². The van der Waals surface area contributed by atoms with Gasteiger partial charge in [0.1, 0.15) is 0 Å². The zero-order valence-corrected chi connectivity index (χ0v) is 17.4. The minimum Gasteiger partial charge on any atom is -0.0894 e. The Hall–Kier alpha value is -1.99. The maximum Gasteiger partial charge on any atom is 0.0210 e. The third-order valence-corrected chi connectivity index (χ3v) is 8.16. The molecule has 0 saturated heterocycles. The van der Waals surface area contributed by atoms with Crippen LogP contribution in [0.1, 0.15) is 62.8 Å². The Kier molecular flexibility index (Phi) is 3.65. The molecule has 0 fully saturated rings. The summed E-state index contributed by atoms with van der Waals surface area (Å²) in [5.41, 5.74) is 9.07. The Balaban J connectivity index is 1.81. The third-order valence-electron chi connectivity index (χ3n) is 7.03. The molecule has 0 N–H and O–H groups in total. The molecule has 1 heteroatoms. The van der Waals surface area contributed by atoms with Gasteiger partial charge in [-0.2, -0.15) is 0 Å². The maximum atomic E-state index is 2.53. The van der Waals surface area contributed by atoms with E-state index in [0.717, 1.165) is 12.8 Å². The van der Waals surface area contributed by atoms with Crippen LogP contribution in [0.4, 0.5) is 0 Å². The van der Waals surface area contributed by atoms with Crippen molar-refractivity contribution < 1.29 is 0 Å². The normalized spacial score (nSPS) is 17.6. The topological polar surface area (TPSA) is 0 Å². The number of benzene rings is 3. The average molecular weight is 371 g/mol. The molecule has 2 aliphatic rings. The smallest absolute Gasteiger partial charge is 0.0210 e. The molecule has 1 aliphatic carbocycles. The van der Waals surface area contributed by atoms with Crippen LogP contribution in [0.2, 0.25) is 0 Å². The lowest BCUT2D eigenvalue weighted by atomic mass is 9.72. The molecular formula is C26H26S. The summed E-state index contributed by atoms with van der Waals surface area (Å²) in [6, 6.07) is 23.0. The largest absolute Gasteiger partial charge is 0.0894 e. The molecule has 0 unspecified atom stereocenters. The molecule has 0 amide bonds. The molecule has 0 bridgehead atoms. The first-order valence-corrected chi connectivity index (χ1v) is 10.9. The lowest BCUT2D eigenvalue weighted by Gasteiger charge is -2.36. The average Bonchev–Trinajstić information content (AvgIpc) is 2.96. The van der Waals surface area contributed by atoms with Crippen molar-refractivity contribution in [2.75, 3.05) is 0 Å². The van der Waals surface area contributed by atoms with Gasteiger partial charge < -0.3 is 0 Å². The highest BCUT2D eigenvalue weighted by molar-refractivity contribution is 7.99. The summed E-state index contributed by atoms with van der Waals surface area (Å²) in [4.78, 5) is 2.85. The highest BCUT2D eigenvalue weighted by Gasteiger charge is 2.43. The summed E-state index contributed by atoms with van der Waals surface area (Å²) in [5, 5.41) is 0. The van der Waals surface area contributed by atoms with Gasteiger partial charge >= 0.3 is 0 Å². The summed E-state index contributed by atoms with van der Waals surface area (Å²) >= 11 is 1.95. The lowest BCUT2D eigenvalue weighted by Crippen LogP contribution is -2.26. The fourth-order valence-corrected chi connectivity index (χ4v) is 6.82. The highest BCUT2D eigenvalue weighted by Crippen LogP contribution is 2.57. The van der Waals surface area contributed by atoms with Crippen molar-refractivity contribution in [3.8, 4) is 11.1 Å². The van der Waals surface area contributed by atoms with Gasteiger partial charge in [0.15, 0.2) is 0 Å². The Bertz CT molecular complexity index is 1050. The number of hydrogen-bond acceptors (Lipinski definition) is 1. The van der Waals surface area contributed by atoms with Gasteiger partial charge in [-0.05, 0) is 64.4 Å². The second-order valence-corrected chi connectivity index (χ2v) is 9.54. The van der Waals surface area contributed by atoms with Gasteiger partial charge in [0, 0.05) is 20.6 Å². The summed E-state index contributed by atoms with van der Waals surface area (Å²) < 4.78 is 0. The van der Waals surface area contributed by atoms with Crippen LogP contribution in [0.15, 0.2) is 70.5 Å². The van der Waals surface area contributed by atoms with Gasteiger partial charge in [-0.25, -0.2) is 0 Å². The monoisotopic (exact) mass is 370 g/mol. The molecule has 1 aliphatic heterocycles. The molecule has 136 valence electrons. The summed E-state index contributed by atoms with van der Waals surface area (Å²) in [5.74, 6) is 0. The van der Waals surface area contributed by atoms with E-state index in [-0.39, 0.29) is 10.8 Å². The Morgan fingerprint density at radius 3 is 2.07 bits per heavy atom. The predicted octanol–water partition coefficient (Wildman–Crippen LogP) is 7.56. The quantitative estimate of drug-likeness (QED) is 0.448. The fraction of sp³-hybridized carbons (Fsp3) is 0.308. The molecule has 3 aromatic carbocycles. The van der Waals surface area contributed by atoms with Crippen LogP contribution in [-0.4, -0.2) is 0 Å².